The number of thiazole rings is 1. The molecule has 0 unspecified atom stereocenters. The van der Waals surface area contributed by atoms with Gasteiger partial charge in [-0.3, -0.25) is 9.89 Å². The molecule has 0 aliphatic carbocycles. The van der Waals surface area contributed by atoms with Crippen LogP contribution in [0.4, 0.5) is 0 Å². The molecule has 156 valence electrons. The van der Waals surface area contributed by atoms with E-state index >= 15 is 0 Å². The lowest BCUT2D eigenvalue weighted by Crippen LogP contribution is -2.36. The van der Waals surface area contributed by atoms with Crippen LogP contribution < -0.4 is 10.6 Å². The van der Waals surface area contributed by atoms with Crippen molar-refractivity contribution in [1.82, 2.24) is 20.5 Å². The minimum atomic E-state index is 0.651. The summed E-state index contributed by atoms with van der Waals surface area (Å²) in [6.07, 6.45) is 2.67. The Morgan fingerprint density at radius 1 is 0.967 bits per heavy atom. The van der Waals surface area contributed by atoms with E-state index in [4.69, 9.17) is 4.98 Å². The number of likely N-dealkylation sites (tertiary alicyclic amines) is 1. The van der Waals surface area contributed by atoms with Crippen LogP contribution >= 0.6 is 11.3 Å². The van der Waals surface area contributed by atoms with Gasteiger partial charge in [-0.1, -0.05) is 54.6 Å². The molecule has 1 saturated heterocycles. The number of aliphatic imine (C=N–C) groups is 1. The molecule has 1 aliphatic rings. The van der Waals surface area contributed by atoms with Crippen LogP contribution in [0.5, 0.6) is 0 Å². The SMILES string of the molecule is CN=C(NCc1ccc(CN2CCCC2)cc1)NCc1csc(-c2ccccc2)n1. The second-order valence-corrected chi connectivity index (χ2v) is 8.45. The maximum Gasteiger partial charge on any atom is 0.191 e. The van der Waals surface area contributed by atoms with Crippen molar-refractivity contribution in [1.29, 1.82) is 0 Å². The van der Waals surface area contributed by atoms with Crippen LogP contribution in [-0.2, 0) is 19.6 Å². The van der Waals surface area contributed by atoms with E-state index < -0.39 is 0 Å². The molecule has 2 aromatic carbocycles. The number of guanidine groups is 1. The molecule has 1 aromatic heterocycles. The number of nitrogens with zero attached hydrogens (tertiary/aromatic N) is 3. The zero-order valence-electron chi connectivity index (χ0n) is 17.5. The Labute approximate surface area is 182 Å². The Hall–Kier alpha value is -2.70. The van der Waals surface area contributed by atoms with E-state index in [-0.39, 0.29) is 0 Å². The minimum absolute atomic E-state index is 0.651. The van der Waals surface area contributed by atoms with Gasteiger partial charge < -0.3 is 10.6 Å². The van der Waals surface area contributed by atoms with E-state index in [0.29, 0.717) is 6.54 Å². The van der Waals surface area contributed by atoms with E-state index in [1.165, 1.54) is 37.1 Å². The van der Waals surface area contributed by atoms with Crippen molar-refractivity contribution >= 4 is 17.3 Å². The summed E-state index contributed by atoms with van der Waals surface area (Å²) in [6, 6.07) is 19.2. The van der Waals surface area contributed by atoms with Gasteiger partial charge in [-0.15, -0.1) is 11.3 Å². The second kappa shape index (κ2) is 10.4. The van der Waals surface area contributed by atoms with Crippen molar-refractivity contribution < 1.29 is 0 Å². The molecule has 0 radical (unpaired) electrons. The molecular weight excluding hydrogens is 390 g/mol. The molecule has 1 aliphatic heterocycles. The molecule has 1 fully saturated rings. The molecule has 4 rings (SSSR count). The van der Waals surface area contributed by atoms with Gasteiger partial charge in [0.25, 0.3) is 0 Å². The average molecular weight is 420 g/mol. The van der Waals surface area contributed by atoms with Crippen LogP contribution in [0.3, 0.4) is 0 Å². The third-order valence-corrected chi connectivity index (χ3v) is 6.26. The van der Waals surface area contributed by atoms with Crippen LogP contribution in [0, 0.1) is 0 Å². The van der Waals surface area contributed by atoms with E-state index in [1.54, 1.807) is 18.4 Å². The van der Waals surface area contributed by atoms with Gasteiger partial charge in [0.2, 0.25) is 0 Å². The van der Waals surface area contributed by atoms with Crippen LogP contribution in [0.15, 0.2) is 65.0 Å². The van der Waals surface area contributed by atoms with Gasteiger partial charge in [-0.25, -0.2) is 4.98 Å². The fourth-order valence-electron chi connectivity index (χ4n) is 3.64. The van der Waals surface area contributed by atoms with Crippen molar-refractivity contribution in [3.63, 3.8) is 0 Å². The normalized spacial score (nSPS) is 14.8. The van der Waals surface area contributed by atoms with Crippen molar-refractivity contribution in [3.05, 3.63) is 76.8 Å². The van der Waals surface area contributed by atoms with Gasteiger partial charge in [0.05, 0.1) is 12.2 Å². The summed E-state index contributed by atoms with van der Waals surface area (Å²) >= 11 is 1.67. The summed E-state index contributed by atoms with van der Waals surface area (Å²) in [6.45, 7) is 4.93. The number of rotatable bonds is 7. The second-order valence-electron chi connectivity index (χ2n) is 7.59. The highest BCUT2D eigenvalue weighted by Gasteiger charge is 2.11. The van der Waals surface area contributed by atoms with Crippen LogP contribution in [0.1, 0.15) is 29.7 Å². The predicted molar refractivity (Wildman–Crippen MR) is 126 cm³/mol. The monoisotopic (exact) mass is 419 g/mol. The summed E-state index contributed by atoms with van der Waals surface area (Å²) in [4.78, 5) is 11.6. The summed E-state index contributed by atoms with van der Waals surface area (Å²) in [5, 5.41) is 9.89. The van der Waals surface area contributed by atoms with Crippen molar-refractivity contribution in [2.24, 2.45) is 4.99 Å². The third-order valence-electron chi connectivity index (χ3n) is 5.32. The largest absolute Gasteiger partial charge is 0.352 e. The van der Waals surface area contributed by atoms with E-state index in [0.717, 1.165) is 35.3 Å². The van der Waals surface area contributed by atoms with Crippen LogP contribution in [-0.4, -0.2) is 36.0 Å². The maximum atomic E-state index is 4.73. The topological polar surface area (TPSA) is 52.6 Å². The zero-order chi connectivity index (χ0) is 20.6. The van der Waals surface area contributed by atoms with E-state index in [2.05, 4.69) is 62.3 Å². The molecule has 2 N–H and O–H groups in total. The summed E-state index contributed by atoms with van der Waals surface area (Å²) < 4.78 is 0. The van der Waals surface area contributed by atoms with Gasteiger partial charge in [-0.05, 0) is 37.1 Å². The van der Waals surface area contributed by atoms with Gasteiger partial charge in [0.15, 0.2) is 5.96 Å². The number of hydrogen-bond donors (Lipinski definition) is 2. The Bertz CT molecular complexity index is 943. The summed E-state index contributed by atoms with van der Waals surface area (Å²) in [5.41, 5.74) is 4.82. The fourth-order valence-corrected chi connectivity index (χ4v) is 4.47. The lowest BCUT2D eigenvalue weighted by Gasteiger charge is -2.15. The first-order chi connectivity index (χ1) is 14.8. The van der Waals surface area contributed by atoms with Crippen molar-refractivity contribution in [2.75, 3.05) is 20.1 Å². The van der Waals surface area contributed by atoms with Gasteiger partial charge in [0, 0.05) is 31.1 Å². The molecule has 0 spiro atoms. The van der Waals surface area contributed by atoms with Gasteiger partial charge in [-0.2, -0.15) is 0 Å². The molecule has 0 amide bonds. The molecule has 30 heavy (non-hydrogen) atoms. The Kier molecular flexibility index (Phi) is 7.11. The minimum Gasteiger partial charge on any atom is -0.352 e. The van der Waals surface area contributed by atoms with Crippen LogP contribution in [0.25, 0.3) is 10.6 Å². The molecule has 2 heterocycles. The first kappa shape index (κ1) is 20.6. The fraction of sp³-hybridized carbons (Fsp3) is 0.333. The number of aromatic nitrogens is 1. The van der Waals surface area contributed by atoms with Crippen LogP contribution in [0.2, 0.25) is 0 Å². The van der Waals surface area contributed by atoms with Gasteiger partial charge in [0.1, 0.15) is 5.01 Å². The third kappa shape index (κ3) is 5.68. The van der Waals surface area contributed by atoms with E-state index in [1.807, 2.05) is 18.2 Å². The zero-order valence-corrected chi connectivity index (χ0v) is 18.3. The smallest absolute Gasteiger partial charge is 0.191 e. The molecule has 0 atom stereocenters. The van der Waals surface area contributed by atoms with Crippen molar-refractivity contribution in [2.45, 2.75) is 32.5 Å². The highest BCUT2D eigenvalue weighted by atomic mass is 32.1. The number of hydrogen-bond acceptors (Lipinski definition) is 4. The van der Waals surface area contributed by atoms with E-state index in [9.17, 15) is 0 Å². The molecule has 5 nitrogen and oxygen atoms in total. The Morgan fingerprint density at radius 2 is 1.67 bits per heavy atom. The predicted octanol–water partition coefficient (Wildman–Crippen LogP) is 4.27. The molecular formula is C24H29N5S. The lowest BCUT2D eigenvalue weighted by atomic mass is 10.1. The molecule has 3 aromatic rings. The van der Waals surface area contributed by atoms with Gasteiger partial charge >= 0.3 is 0 Å². The average Bonchev–Trinajstić information content (AvgIpc) is 3.48. The lowest BCUT2D eigenvalue weighted by molar-refractivity contribution is 0.331. The number of nitrogens with one attached hydrogen (secondary N) is 2. The quantitative estimate of drug-likeness (QED) is 0.444. The first-order valence-corrected chi connectivity index (χ1v) is 11.4. The Morgan fingerprint density at radius 3 is 2.40 bits per heavy atom. The highest BCUT2D eigenvalue weighted by molar-refractivity contribution is 7.13. The first-order valence-electron chi connectivity index (χ1n) is 10.5. The highest BCUT2D eigenvalue weighted by Crippen LogP contribution is 2.23. The summed E-state index contributed by atoms with van der Waals surface area (Å²) in [7, 11) is 1.80. The maximum absolute atomic E-state index is 4.73. The summed E-state index contributed by atoms with van der Waals surface area (Å²) in [5.74, 6) is 0.783. The van der Waals surface area contributed by atoms with Crippen molar-refractivity contribution in [3.8, 4) is 10.6 Å². The standard InChI is InChI=1S/C24H29N5S/c1-25-24(27-16-22-18-30-23(28-22)21-7-3-2-4-8-21)26-15-19-9-11-20(12-10-19)17-29-13-5-6-14-29/h2-4,7-12,18H,5-6,13-17H2,1H3,(H2,25,26,27). The molecule has 0 bridgehead atoms. The Balaban J connectivity index is 1.24. The molecule has 0 saturated carbocycles. The molecule has 6 heteroatoms. The number of benzene rings is 2.